The summed E-state index contributed by atoms with van der Waals surface area (Å²) in [7, 11) is 1.70. The smallest absolute Gasteiger partial charge is 0.258 e. The van der Waals surface area contributed by atoms with Crippen LogP contribution in [0.1, 0.15) is 31.2 Å². The molecule has 0 saturated carbocycles. The van der Waals surface area contributed by atoms with Crippen LogP contribution in [0, 0.1) is 6.92 Å². The standard InChI is InChI=1S/C14H17BrN4O2/c1-7(2)12-9(5-11(15)19(4)14(12)20)21-10-6-17-8(3)18-13(10)16/h5-7H,1-4H3,(H2,16,17,18). The first-order valence-electron chi connectivity index (χ1n) is 6.47. The van der Waals surface area contributed by atoms with Crippen LogP contribution < -0.4 is 16.0 Å². The number of aryl methyl sites for hydroxylation is 1. The molecule has 0 bridgehead atoms. The second-order valence-electron chi connectivity index (χ2n) is 5.03. The Hall–Kier alpha value is -1.89. The number of pyridine rings is 1. The van der Waals surface area contributed by atoms with Gasteiger partial charge in [-0.15, -0.1) is 0 Å². The summed E-state index contributed by atoms with van der Waals surface area (Å²) in [6, 6.07) is 1.75. The van der Waals surface area contributed by atoms with Gasteiger partial charge in [0.05, 0.1) is 16.4 Å². The Morgan fingerprint density at radius 3 is 2.62 bits per heavy atom. The average molecular weight is 353 g/mol. The fourth-order valence-corrected chi connectivity index (χ4v) is 2.32. The Kier molecular flexibility index (Phi) is 4.32. The summed E-state index contributed by atoms with van der Waals surface area (Å²) in [6.07, 6.45) is 1.51. The van der Waals surface area contributed by atoms with Crippen molar-refractivity contribution in [3.63, 3.8) is 0 Å². The third-order valence-electron chi connectivity index (χ3n) is 3.07. The van der Waals surface area contributed by atoms with Crippen LogP contribution in [0.5, 0.6) is 11.5 Å². The number of ether oxygens (including phenoxy) is 1. The molecule has 0 radical (unpaired) electrons. The molecule has 2 N–H and O–H groups in total. The van der Waals surface area contributed by atoms with E-state index in [1.165, 1.54) is 10.8 Å². The van der Waals surface area contributed by atoms with Crippen molar-refractivity contribution in [1.29, 1.82) is 0 Å². The van der Waals surface area contributed by atoms with E-state index in [-0.39, 0.29) is 17.3 Å². The Morgan fingerprint density at radius 2 is 2.05 bits per heavy atom. The molecule has 2 heterocycles. The van der Waals surface area contributed by atoms with Crippen molar-refractivity contribution in [3.05, 3.63) is 38.6 Å². The molecule has 0 aliphatic heterocycles. The summed E-state index contributed by atoms with van der Waals surface area (Å²) in [5.41, 5.74) is 6.30. The molecule has 7 heteroatoms. The summed E-state index contributed by atoms with van der Waals surface area (Å²) in [5, 5.41) is 0. The number of aromatic nitrogens is 3. The number of nitrogen functional groups attached to an aromatic ring is 1. The first kappa shape index (κ1) is 15.5. The van der Waals surface area contributed by atoms with Gasteiger partial charge in [-0.3, -0.25) is 4.79 Å². The Bertz CT molecular complexity index is 740. The van der Waals surface area contributed by atoms with E-state index in [0.717, 1.165) is 0 Å². The molecule has 0 atom stereocenters. The molecule has 0 aromatic carbocycles. The number of hydrogen-bond acceptors (Lipinski definition) is 5. The molecule has 0 aliphatic carbocycles. The maximum Gasteiger partial charge on any atom is 0.258 e. The largest absolute Gasteiger partial charge is 0.451 e. The fraction of sp³-hybridized carbons (Fsp3) is 0.357. The lowest BCUT2D eigenvalue weighted by molar-refractivity contribution is 0.465. The highest BCUT2D eigenvalue weighted by Gasteiger charge is 2.18. The van der Waals surface area contributed by atoms with Crippen LogP contribution in [-0.2, 0) is 7.05 Å². The first-order chi connectivity index (χ1) is 9.81. The number of hydrogen-bond donors (Lipinski definition) is 1. The molecule has 2 rings (SSSR count). The van der Waals surface area contributed by atoms with Gasteiger partial charge in [0.15, 0.2) is 11.6 Å². The minimum Gasteiger partial charge on any atom is -0.451 e. The Balaban J connectivity index is 2.56. The summed E-state index contributed by atoms with van der Waals surface area (Å²) >= 11 is 3.34. The molecular formula is C14H17BrN4O2. The molecule has 0 saturated heterocycles. The van der Waals surface area contributed by atoms with Crippen molar-refractivity contribution >= 4 is 21.7 Å². The van der Waals surface area contributed by atoms with E-state index < -0.39 is 0 Å². The van der Waals surface area contributed by atoms with Crippen LogP contribution >= 0.6 is 15.9 Å². The molecule has 2 aromatic rings. The Morgan fingerprint density at radius 1 is 1.38 bits per heavy atom. The van der Waals surface area contributed by atoms with E-state index in [9.17, 15) is 4.79 Å². The minimum atomic E-state index is -0.110. The van der Waals surface area contributed by atoms with Gasteiger partial charge in [0.25, 0.3) is 5.56 Å². The molecule has 0 fully saturated rings. The van der Waals surface area contributed by atoms with Gasteiger partial charge >= 0.3 is 0 Å². The number of nitrogens with two attached hydrogens (primary N) is 1. The normalized spacial score (nSPS) is 11.0. The zero-order valence-corrected chi connectivity index (χ0v) is 13.9. The van der Waals surface area contributed by atoms with Gasteiger partial charge in [-0.1, -0.05) is 13.8 Å². The van der Waals surface area contributed by atoms with Crippen molar-refractivity contribution in [2.45, 2.75) is 26.7 Å². The van der Waals surface area contributed by atoms with Crippen molar-refractivity contribution in [1.82, 2.24) is 14.5 Å². The van der Waals surface area contributed by atoms with Crippen LogP contribution in [0.4, 0.5) is 5.82 Å². The summed E-state index contributed by atoms with van der Waals surface area (Å²) < 4.78 is 7.93. The maximum absolute atomic E-state index is 12.4. The third-order valence-corrected chi connectivity index (χ3v) is 3.83. The predicted molar refractivity (Wildman–Crippen MR) is 84.7 cm³/mol. The molecular weight excluding hydrogens is 336 g/mol. The van der Waals surface area contributed by atoms with Crippen LogP contribution in [0.2, 0.25) is 0 Å². The van der Waals surface area contributed by atoms with Gasteiger partial charge in [-0.05, 0) is 28.8 Å². The lowest BCUT2D eigenvalue weighted by atomic mass is 10.0. The summed E-state index contributed by atoms with van der Waals surface area (Å²) in [6.45, 7) is 5.62. The second kappa shape index (κ2) is 5.85. The fourth-order valence-electron chi connectivity index (χ4n) is 1.96. The van der Waals surface area contributed by atoms with Crippen LogP contribution in [0.3, 0.4) is 0 Å². The van der Waals surface area contributed by atoms with E-state index in [0.29, 0.717) is 27.5 Å². The van der Waals surface area contributed by atoms with Crippen LogP contribution in [0.25, 0.3) is 0 Å². The molecule has 2 aromatic heterocycles. The van der Waals surface area contributed by atoms with Gasteiger partial charge in [0, 0.05) is 13.1 Å². The molecule has 21 heavy (non-hydrogen) atoms. The molecule has 0 aliphatic rings. The lowest BCUT2D eigenvalue weighted by Gasteiger charge is -2.16. The summed E-state index contributed by atoms with van der Waals surface area (Å²) in [5.74, 6) is 1.62. The predicted octanol–water partition coefficient (Wildman–Crippen LogP) is 2.74. The number of rotatable bonds is 3. The van der Waals surface area contributed by atoms with E-state index in [1.807, 2.05) is 13.8 Å². The molecule has 0 amide bonds. The van der Waals surface area contributed by atoms with Crippen molar-refractivity contribution in [2.75, 3.05) is 5.73 Å². The number of nitrogens with zero attached hydrogens (tertiary/aromatic N) is 3. The highest BCUT2D eigenvalue weighted by Crippen LogP contribution is 2.32. The highest BCUT2D eigenvalue weighted by atomic mass is 79.9. The first-order valence-corrected chi connectivity index (χ1v) is 7.27. The van der Waals surface area contributed by atoms with E-state index >= 15 is 0 Å². The number of halogens is 1. The number of anilines is 1. The zero-order valence-electron chi connectivity index (χ0n) is 12.3. The zero-order chi connectivity index (χ0) is 15.7. The van der Waals surface area contributed by atoms with Gasteiger partial charge in [-0.2, -0.15) is 0 Å². The van der Waals surface area contributed by atoms with Gasteiger partial charge in [0.2, 0.25) is 0 Å². The molecule has 6 nitrogen and oxygen atoms in total. The topological polar surface area (TPSA) is 83.0 Å². The monoisotopic (exact) mass is 352 g/mol. The quantitative estimate of drug-likeness (QED) is 0.858. The molecule has 0 spiro atoms. The molecule has 112 valence electrons. The average Bonchev–Trinajstić information content (AvgIpc) is 2.39. The highest BCUT2D eigenvalue weighted by molar-refractivity contribution is 9.10. The van der Waals surface area contributed by atoms with Crippen molar-refractivity contribution < 1.29 is 4.74 Å². The van der Waals surface area contributed by atoms with Crippen LogP contribution in [0.15, 0.2) is 21.7 Å². The van der Waals surface area contributed by atoms with Crippen molar-refractivity contribution in [2.24, 2.45) is 7.05 Å². The Labute approximate surface area is 131 Å². The maximum atomic E-state index is 12.4. The lowest BCUT2D eigenvalue weighted by Crippen LogP contribution is -2.23. The van der Waals surface area contributed by atoms with E-state index in [2.05, 4.69) is 25.9 Å². The van der Waals surface area contributed by atoms with Gasteiger partial charge in [0.1, 0.15) is 11.6 Å². The van der Waals surface area contributed by atoms with Gasteiger partial charge in [-0.25, -0.2) is 9.97 Å². The van der Waals surface area contributed by atoms with Crippen LogP contribution in [-0.4, -0.2) is 14.5 Å². The van der Waals surface area contributed by atoms with Gasteiger partial charge < -0.3 is 15.0 Å². The van der Waals surface area contributed by atoms with E-state index in [1.54, 1.807) is 20.0 Å². The minimum absolute atomic E-state index is 0.0133. The molecule has 0 unspecified atom stereocenters. The second-order valence-corrected chi connectivity index (χ2v) is 5.85. The van der Waals surface area contributed by atoms with Crippen molar-refractivity contribution in [3.8, 4) is 11.5 Å². The van der Waals surface area contributed by atoms with E-state index in [4.69, 9.17) is 10.5 Å². The SMILES string of the molecule is Cc1ncc(Oc2cc(Br)n(C)c(=O)c2C(C)C)c(N)n1. The summed E-state index contributed by atoms with van der Waals surface area (Å²) in [4.78, 5) is 20.5. The third kappa shape index (κ3) is 3.07.